The second kappa shape index (κ2) is 7.43. The molecule has 1 aromatic rings. The molecule has 0 bridgehead atoms. The van der Waals surface area contributed by atoms with Crippen molar-refractivity contribution in [1.29, 1.82) is 0 Å². The molecule has 3 rings (SSSR count). The average molecular weight is 360 g/mol. The molecule has 6 heteroatoms. The Kier molecular flexibility index (Phi) is 5.42. The second-order valence-electron chi connectivity index (χ2n) is 9.03. The summed E-state index contributed by atoms with van der Waals surface area (Å²) in [6.45, 7) is 11.4. The number of aromatic nitrogens is 1. The van der Waals surface area contributed by atoms with Crippen LogP contribution in [0.25, 0.3) is 0 Å². The lowest BCUT2D eigenvalue weighted by Gasteiger charge is -2.46. The minimum atomic E-state index is -0.117. The largest absolute Gasteiger partial charge is 0.370 e. The van der Waals surface area contributed by atoms with Gasteiger partial charge in [0, 0.05) is 30.2 Å². The highest BCUT2D eigenvalue weighted by atomic mass is 16.2. The predicted octanol–water partition coefficient (Wildman–Crippen LogP) is 2.79. The topological polar surface area (TPSA) is 69.3 Å². The van der Waals surface area contributed by atoms with Crippen molar-refractivity contribution in [3.8, 4) is 0 Å². The van der Waals surface area contributed by atoms with Crippen LogP contribution in [0.1, 0.15) is 59.1 Å². The number of hydrogen-bond donors (Lipinski definition) is 3. The SMILES string of the molecule is CC1(C)CC(NC(=O)NCc2ccc(N3CCCC3)cn2)CC(C)(C)N1. The van der Waals surface area contributed by atoms with Crippen LogP contribution in [-0.4, -0.2) is 41.2 Å². The standard InChI is InChI=1S/C20H33N5O/c1-19(2)11-16(12-20(3,4)24-19)23-18(26)22-13-15-7-8-17(14-21-15)25-9-5-6-10-25/h7-8,14,16,24H,5-6,9-13H2,1-4H3,(H2,22,23,26). The van der Waals surface area contributed by atoms with Gasteiger partial charge in [-0.25, -0.2) is 4.79 Å². The first-order valence-electron chi connectivity index (χ1n) is 9.76. The van der Waals surface area contributed by atoms with Gasteiger partial charge in [0.05, 0.1) is 24.1 Å². The van der Waals surface area contributed by atoms with E-state index in [4.69, 9.17) is 0 Å². The van der Waals surface area contributed by atoms with Crippen LogP contribution in [0.3, 0.4) is 0 Å². The molecule has 3 N–H and O–H groups in total. The number of amides is 2. The van der Waals surface area contributed by atoms with Gasteiger partial charge in [0.1, 0.15) is 0 Å². The maximum Gasteiger partial charge on any atom is 0.315 e. The number of anilines is 1. The fraction of sp³-hybridized carbons (Fsp3) is 0.700. The molecule has 1 aromatic heterocycles. The number of nitrogens with one attached hydrogen (secondary N) is 3. The first-order valence-corrected chi connectivity index (χ1v) is 9.76. The van der Waals surface area contributed by atoms with Crippen LogP contribution in [0, 0.1) is 0 Å². The maximum absolute atomic E-state index is 12.3. The first kappa shape index (κ1) is 19.0. The van der Waals surface area contributed by atoms with E-state index in [2.05, 4.69) is 59.6 Å². The fourth-order valence-corrected chi connectivity index (χ4v) is 4.52. The highest BCUT2D eigenvalue weighted by Gasteiger charge is 2.38. The number of nitrogens with zero attached hydrogens (tertiary/aromatic N) is 2. The number of pyridine rings is 1. The third kappa shape index (κ3) is 5.10. The van der Waals surface area contributed by atoms with Gasteiger partial charge in [0.15, 0.2) is 0 Å². The molecule has 0 spiro atoms. The quantitative estimate of drug-likeness (QED) is 0.773. The molecule has 0 radical (unpaired) electrons. The molecule has 0 aliphatic carbocycles. The van der Waals surface area contributed by atoms with E-state index < -0.39 is 0 Å². The Hall–Kier alpha value is -1.82. The Morgan fingerprint density at radius 1 is 1.19 bits per heavy atom. The van der Waals surface area contributed by atoms with E-state index >= 15 is 0 Å². The van der Waals surface area contributed by atoms with Crippen LogP contribution < -0.4 is 20.9 Å². The first-order chi connectivity index (χ1) is 12.2. The summed E-state index contributed by atoms with van der Waals surface area (Å²) in [6.07, 6.45) is 6.28. The summed E-state index contributed by atoms with van der Waals surface area (Å²) in [5.74, 6) is 0. The zero-order chi connectivity index (χ0) is 18.8. The number of carbonyl (C=O) groups is 1. The minimum absolute atomic E-state index is 0.0205. The van der Waals surface area contributed by atoms with Gasteiger partial charge >= 0.3 is 6.03 Å². The van der Waals surface area contributed by atoms with Crippen LogP contribution in [-0.2, 0) is 6.54 Å². The number of rotatable bonds is 4. The van der Waals surface area contributed by atoms with Crippen molar-refractivity contribution in [1.82, 2.24) is 20.9 Å². The molecule has 144 valence electrons. The summed E-state index contributed by atoms with van der Waals surface area (Å²) >= 11 is 0. The van der Waals surface area contributed by atoms with Gasteiger partial charge in [-0.1, -0.05) is 0 Å². The van der Waals surface area contributed by atoms with Gasteiger partial charge in [-0.3, -0.25) is 4.98 Å². The zero-order valence-electron chi connectivity index (χ0n) is 16.6. The van der Waals surface area contributed by atoms with E-state index in [0.29, 0.717) is 6.54 Å². The number of hydrogen-bond acceptors (Lipinski definition) is 4. The van der Waals surface area contributed by atoms with Crippen molar-refractivity contribution in [3.63, 3.8) is 0 Å². The summed E-state index contributed by atoms with van der Waals surface area (Å²) in [4.78, 5) is 19.2. The normalized spacial score (nSPS) is 22.2. The lowest BCUT2D eigenvalue weighted by molar-refractivity contribution is 0.147. The molecule has 0 saturated carbocycles. The van der Waals surface area contributed by atoms with Crippen molar-refractivity contribution in [3.05, 3.63) is 24.0 Å². The molecule has 26 heavy (non-hydrogen) atoms. The van der Waals surface area contributed by atoms with Gasteiger partial charge in [0.25, 0.3) is 0 Å². The van der Waals surface area contributed by atoms with Crippen LogP contribution in [0.15, 0.2) is 18.3 Å². The molecule has 2 aliphatic heterocycles. The molecule has 6 nitrogen and oxygen atoms in total. The Labute approximate surface area is 157 Å². The molecule has 0 atom stereocenters. The lowest BCUT2D eigenvalue weighted by atomic mass is 9.80. The number of piperidine rings is 1. The van der Waals surface area contributed by atoms with Gasteiger partial charge in [0.2, 0.25) is 0 Å². The lowest BCUT2D eigenvalue weighted by Crippen LogP contribution is -2.62. The van der Waals surface area contributed by atoms with Crippen LogP contribution in [0.2, 0.25) is 0 Å². The highest BCUT2D eigenvalue weighted by molar-refractivity contribution is 5.74. The second-order valence-corrected chi connectivity index (χ2v) is 9.03. The van der Waals surface area contributed by atoms with Gasteiger partial charge in [-0.15, -0.1) is 0 Å². The molecule has 2 saturated heterocycles. The van der Waals surface area contributed by atoms with Crippen molar-refractivity contribution in [2.24, 2.45) is 0 Å². The van der Waals surface area contributed by atoms with E-state index in [1.807, 2.05) is 12.3 Å². The summed E-state index contributed by atoms with van der Waals surface area (Å²) in [5, 5.41) is 9.71. The van der Waals surface area contributed by atoms with Crippen molar-refractivity contribution in [2.45, 2.75) is 77.0 Å². The average Bonchev–Trinajstić information content (AvgIpc) is 3.04. The fourth-order valence-electron chi connectivity index (χ4n) is 4.52. The van der Waals surface area contributed by atoms with Crippen molar-refractivity contribution in [2.75, 3.05) is 18.0 Å². The summed E-state index contributed by atoms with van der Waals surface area (Å²) in [7, 11) is 0. The van der Waals surface area contributed by atoms with Crippen molar-refractivity contribution >= 4 is 11.7 Å². The molecule has 0 aromatic carbocycles. The van der Waals surface area contributed by atoms with Gasteiger partial charge < -0.3 is 20.9 Å². The van der Waals surface area contributed by atoms with E-state index in [0.717, 1.165) is 31.6 Å². The minimum Gasteiger partial charge on any atom is -0.370 e. The summed E-state index contributed by atoms with van der Waals surface area (Å²) in [6, 6.07) is 4.16. The molecule has 2 aliphatic rings. The molecular weight excluding hydrogens is 326 g/mol. The summed E-state index contributed by atoms with van der Waals surface area (Å²) in [5.41, 5.74) is 2.10. The predicted molar refractivity (Wildman–Crippen MR) is 105 cm³/mol. The van der Waals surface area contributed by atoms with E-state index in [9.17, 15) is 4.79 Å². The molecule has 3 heterocycles. The molecule has 2 fully saturated rings. The number of carbonyl (C=O) groups excluding carboxylic acids is 1. The maximum atomic E-state index is 12.3. The monoisotopic (exact) mass is 359 g/mol. The smallest absolute Gasteiger partial charge is 0.315 e. The van der Waals surface area contributed by atoms with Crippen LogP contribution in [0.4, 0.5) is 10.5 Å². The third-order valence-corrected chi connectivity index (χ3v) is 5.24. The van der Waals surface area contributed by atoms with E-state index in [1.54, 1.807) is 0 Å². The van der Waals surface area contributed by atoms with E-state index in [-0.39, 0.29) is 23.2 Å². The van der Waals surface area contributed by atoms with Crippen LogP contribution in [0.5, 0.6) is 0 Å². The molecule has 0 unspecified atom stereocenters. The Balaban J connectivity index is 1.48. The summed E-state index contributed by atoms with van der Waals surface area (Å²) < 4.78 is 0. The third-order valence-electron chi connectivity index (χ3n) is 5.24. The van der Waals surface area contributed by atoms with E-state index in [1.165, 1.54) is 18.5 Å². The van der Waals surface area contributed by atoms with Gasteiger partial charge in [-0.2, -0.15) is 0 Å². The Morgan fingerprint density at radius 2 is 1.85 bits per heavy atom. The molecular formula is C20H33N5O. The van der Waals surface area contributed by atoms with Crippen molar-refractivity contribution < 1.29 is 4.79 Å². The Morgan fingerprint density at radius 3 is 2.42 bits per heavy atom. The van der Waals surface area contributed by atoms with Crippen LogP contribution >= 0.6 is 0 Å². The van der Waals surface area contributed by atoms with Gasteiger partial charge in [-0.05, 0) is 65.5 Å². The molecule has 2 amide bonds. The highest BCUT2D eigenvalue weighted by Crippen LogP contribution is 2.28. The number of urea groups is 1. The Bertz CT molecular complexity index is 604. The zero-order valence-corrected chi connectivity index (χ0v) is 16.6.